The van der Waals surface area contributed by atoms with Crippen molar-refractivity contribution in [2.24, 2.45) is 4.99 Å². The molecule has 29 heavy (non-hydrogen) atoms. The van der Waals surface area contributed by atoms with E-state index in [9.17, 15) is 9.90 Å². The topological polar surface area (TPSA) is 62.1 Å². The molecule has 2 aromatic rings. The number of nitrogens with zero attached hydrogens (tertiary/aromatic N) is 2. The summed E-state index contributed by atoms with van der Waals surface area (Å²) in [4.78, 5) is 19.5. The number of aryl methyl sites for hydroxylation is 2. The number of benzene rings is 2. The highest BCUT2D eigenvalue weighted by Crippen LogP contribution is 2.32. The lowest BCUT2D eigenvalue weighted by Crippen LogP contribution is -2.32. The van der Waals surface area contributed by atoms with Crippen molar-refractivity contribution in [3.05, 3.63) is 64.9 Å². The first-order chi connectivity index (χ1) is 13.7. The number of rotatable bonds is 5. The maximum Gasteiger partial charge on any atom is 0.283 e. The van der Waals surface area contributed by atoms with Gasteiger partial charge in [0, 0.05) is 5.75 Å². The molecule has 3 rings (SSSR count). The third-order valence-electron chi connectivity index (χ3n) is 4.27. The second kappa shape index (κ2) is 8.43. The fraction of sp³-hybridized carbons (Fsp3) is 0.304. The Morgan fingerprint density at radius 1 is 1.14 bits per heavy atom. The van der Waals surface area contributed by atoms with Crippen molar-refractivity contribution in [3.8, 4) is 5.75 Å². The highest BCUT2D eigenvalue weighted by molar-refractivity contribution is 8.14. The van der Waals surface area contributed by atoms with Crippen LogP contribution in [-0.2, 0) is 4.79 Å². The van der Waals surface area contributed by atoms with Crippen LogP contribution in [0.2, 0.25) is 0 Å². The van der Waals surface area contributed by atoms with Gasteiger partial charge in [-0.1, -0.05) is 30.0 Å². The van der Waals surface area contributed by atoms with Crippen LogP contribution < -0.4 is 9.64 Å². The van der Waals surface area contributed by atoms with E-state index in [1.807, 2.05) is 50.2 Å². The Bertz CT molecular complexity index is 952. The van der Waals surface area contributed by atoms with Gasteiger partial charge in [0.2, 0.25) is 0 Å². The molecule has 0 saturated carbocycles. The third kappa shape index (κ3) is 5.28. The Balaban J connectivity index is 1.98. The Morgan fingerprint density at radius 3 is 2.31 bits per heavy atom. The molecule has 0 radical (unpaired) electrons. The SMILES string of the molecule is COc1ccc(C=C2N=C(SCC(C)(C)O)N(c3cc(C)cc(C)c3)C2=O)cc1. The summed E-state index contributed by atoms with van der Waals surface area (Å²) < 4.78 is 5.19. The van der Waals surface area contributed by atoms with E-state index in [4.69, 9.17) is 4.74 Å². The highest BCUT2D eigenvalue weighted by Gasteiger charge is 2.33. The van der Waals surface area contributed by atoms with Crippen molar-refractivity contribution in [1.29, 1.82) is 0 Å². The number of amidine groups is 1. The van der Waals surface area contributed by atoms with E-state index in [1.165, 1.54) is 11.8 Å². The first-order valence-electron chi connectivity index (χ1n) is 9.39. The molecular weight excluding hydrogens is 384 g/mol. The van der Waals surface area contributed by atoms with Crippen LogP contribution in [0.1, 0.15) is 30.5 Å². The van der Waals surface area contributed by atoms with Crippen LogP contribution in [0.5, 0.6) is 5.75 Å². The van der Waals surface area contributed by atoms with Gasteiger partial charge in [0.15, 0.2) is 5.17 Å². The molecule has 1 aliphatic rings. The Labute approximate surface area is 176 Å². The molecule has 2 aromatic carbocycles. The molecule has 152 valence electrons. The lowest BCUT2D eigenvalue weighted by Gasteiger charge is -2.22. The van der Waals surface area contributed by atoms with Crippen LogP contribution in [0.15, 0.2) is 53.2 Å². The van der Waals surface area contributed by atoms with E-state index >= 15 is 0 Å². The minimum Gasteiger partial charge on any atom is -0.497 e. The third-order valence-corrected chi connectivity index (χ3v) is 5.65. The molecule has 5 nitrogen and oxygen atoms in total. The normalized spacial score (nSPS) is 15.8. The molecule has 1 amide bonds. The number of carbonyl (C=O) groups excluding carboxylic acids is 1. The second-order valence-electron chi connectivity index (χ2n) is 7.78. The average Bonchev–Trinajstić information content (AvgIpc) is 2.95. The molecule has 1 aliphatic heterocycles. The van der Waals surface area contributed by atoms with Crippen LogP contribution in [0.25, 0.3) is 6.08 Å². The summed E-state index contributed by atoms with van der Waals surface area (Å²) in [7, 11) is 1.62. The Morgan fingerprint density at radius 2 is 1.76 bits per heavy atom. The van der Waals surface area contributed by atoms with Gasteiger partial charge in [0.1, 0.15) is 11.4 Å². The number of amides is 1. The van der Waals surface area contributed by atoms with Gasteiger partial charge >= 0.3 is 0 Å². The number of aliphatic imine (C=N–C) groups is 1. The van der Waals surface area contributed by atoms with Gasteiger partial charge in [-0.05, 0) is 74.7 Å². The Hall–Kier alpha value is -2.57. The second-order valence-corrected chi connectivity index (χ2v) is 8.73. The van der Waals surface area contributed by atoms with Gasteiger partial charge in [-0.25, -0.2) is 4.99 Å². The fourth-order valence-corrected chi connectivity index (χ4v) is 3.96. The predicted octanol–water partition coefficient (Wildman–Crippen LogP) is 4.56. The lowest BCUT2D eigenvalue weighted by molar-refractivity contribution is -0.113. The summed E-state index contributed by atoms with van der Waals surface area (Å²) in [6.07, 6.45) is 1.77. The van der Waals surface area contributed by atoms with E-state index < -0.39 is 5.60 Å². The number of hydrogen-bond donors (Lipinski definition) is 1. The quantitative estimate of drug-likeness (QED) is 0.734. The Kier molecular flexibility index (Phi) is 6.15. The number of carbonyl (C=O) groups is 1. The average molecular weight is 411 g/mol. The summed E-state index contributed by atoms with van der Waals surface area (Å²) in [5.74, 6) is 1.01. The smallest absolute Gasteiger partial charge is 0.283 e. The molecule has 1 heterocycles. The molecule has 0 spiro atoms. The zero-order chi connectivity index (χ0) is 21.2. The van der Waals surface area contributed by atoms with Crippen LogP contribution in [-0.4, -0.2) is 34.6 Å². The maximum absolute atomic E-state index is 13.2. The number of hydrogen-bond acceptors (Lipinski definition) is 5. The van der Waals surface area contributed by atoms with Crippen LogP contribution in [0, 0.1) is 13.8 Å². The van der Waals surface area contributed by atoms with Gasteiger partial charge in [-0.3, -0.25) is 9.69 Å². The maximum atomic E-state index is 13.2. The number of thioether (sulfide) groups is 1. The van der Waals surface area contributed by atoms with Crippen molar-refractivity contribution in [1.82, 2.24) is 0 Å². The molecule has 0 fully saturated rings. The largest absolute Gasteiger partial charge is 0.497 e. The number of methoxy groups -OCH3 is 1. The van der Waals surface area contributed by atoms with Crippen LogP contribution >= 0.6 is 11.8 Å². The van der Waals surface area contributed by atoms with E-state index in [2.05, 4.69) is 11.1 Å². The lowest BCUT2D eigenvalue weighted by atomic mass is 10.1. The molecule has 0 aliphatic carbocycles. The van der Waals surface area contributed by atoms with Gasteiger partial charge in [-0.2, -0.15) is 0 Å². The van der Waals surface area contributed by atoms with E-state index in [0.29, 0.717) is 16.6 Å². The first kappa shape index (κ1) is 21.1. The summed E-state index contributed by atoms with van der Waals surface area (Å²) in [5.41, 5.74) is 3.30. The zero-order valence-corrected chi connectivity index (χ0v) is 18.2. The first-order valence-corrected chi connectivity index (χ1v) is 10.4. The van der Waals surface area contributed by atoms with E-state index in [1.54, 1.807) is 31.9 Å². The van der Waals surface area contributed by atoms with Crippen molar-refractivity contribution < 1.29 is 14.6 Å². The van der Waals surface area contributed by atoms with Crippen molar-refractivity contribution in [3.63, 3.8) is 0 Å². The monoisotopic (exact) mass is 410 g/mol. The van der Waals surface area contributed by atoms with E-state index in [-0.39, 0.29) is 5.91 Å². The summed E-state index contributed by atoms with van der Waals surface area (Å²) in [6, 6.07) is 13.5. The minimum absolute atomic E-state index is 0.177. The van der Waals surface area contributed by atoms with Gasteiger partial charge in [-0.15, -0.1) is 0 Å². The standard InChI is InChI=1S/C23H26N2O3S/c1-15-10-16(2)12-18(11-15)25-21(26)20(24-22(25)29-14-23(3,4)27)13-17-6-8-19(28-5)9-7-17/h6-13,27H,14H2,1-5H3. The molecule has 0 saturated heterocycles. The molecule has 1 N–H and O–H groups in total. The zero-order valence-electron chi connectivity index (χ0n) is 17.4. The van der Waals surface area contributed by atoms with Crippen LogP contribution in [0.4, 0.5) is 5.69 Å². The summed E-state index contributed by atoms with van der Waals surface area (Å²) in [6.45, 7) is 7.50. The molecular formula is C23H26N2O3S. The number of ether oxygens (including phenoxy) is 1. The molecule has 0 atom stereocenters. The minimum atomic E-state index is -0.868. The van der Waals surface area contributed by atoms with Gasteiger partial charge in [0.05, 0.1) is 18.4 Å². The van der Waals surface area contributed by atoms with Crippen LogP contribution in [0.3, 0.4) is 0 Å². The molecule has 6 heteroatoms. The summed E-state index contributed by atoms with van der Waals surface area (Å²) >= 11 is 1.37. The number of anilines is 1. The molecule has 0 unspecified atom stereocenters. The fourth-order valence-electron chi connectivity index (χ4n) is 3.00. The van der Waals surface area contributed by atoms with Gasteiger partial charge < -0.3 is 9.84 Å². The van der Waals surface area contributed by atoms with Crippen molar-refractivity contribution in [2.75, 3.05) is 17.8 Å². The van der Waals surface area contributed by atoms with Crippen molar-refractivity contribution >= 4 is 34.6 Å². The predicted molar refractivity (Wildman–Crippen MR) is 121 cm³/mol. The van der Waals surface area contributed by atoms with Crippen molar-refractivity contribution in [2.45, 2.75) is 33.3 Å². The highest BCUT2D eigenvalue weighted by atomic mass is 32.2. The van der Waals surface area contributed by atoms with Gasteiger partial charge in [0.25, 0.3) is 5.91 Å². The molecule has 0 bridgehead atoms. The molecule has 0 aromatic heterocycles. The number of aliphatic hydroxyl groups is 1. The van der Waals surface area contributed by atoms with E-state index in [0.717, 1.165) is 28.1 Å². The summed E-state index contributed by atoms with van der Waals surface area (Å²) in [5, 5.41) is 10.7.